The molecule has 0 saturated carbocycles. The summed E-state index contributed by atoms with van der Waals surface area (Å²) in [7, 11) is 0. The van der Waals surface area contributed by atoms with E-state index in [1.165, 1.54) is 41.8 Å². The van der Waals surface area contributed by atoms with Crippen molar-refractivity contribution in [2.45, 2.75) is 40.2 Å². The van der Waals surface area contributed by atoms with Crippen molar-refractivity contribution in [3.63, 3.8) is 0 Å². The van der Waals surface area contributed by atoms with Crippen LogP contribution in [0.1, 0.15) is 41.6 Å². The van der Waals surface area contributed by atoms with Crippen LogP contribution in [0, 0.1) is 26.7 Å². The van der Waals surface area contributed by atoms with Crippen LogP contribution < -0.4 is 15.5 Å². The van der Waals surface area contributed by atoms with Crippen molar-refractivity contribution in [1.29, 1.82) is 0 Å². The molecule has 3 N–H and O–H groups in total. The molecule has 3 atom stereocenters. The third-order valence-corrected chi connectivity index (χ3v) is 6.05. The molecular weight excluding hydrogens is 350 g/mol. The average molecular weight is 383 g/mol. The minimum absolute atomic E-state index is 0.555. The molecule has 0 bridgehead atoms. The normalized spacial score (nSPS) is 20.3. The van der Waals surface area contributed by atoms with Gasteiger partial charge in [0.2, 0.25) is 0 Å². The smallest absolute Gasteiger partial charge is 0.170 e. The predicted molar refractivity (Wildman–Crippen MR) is 119 cm³/mol. The zero-order valence-electron chi connectivity index (χ0n) is 16.9. The maximum absolute atomic E-state index is 5.55. The molecule has 2 aromatic carbocycles. The summed E-state index contributed by atoms with van der Waals surface area (Å²) in [6.45, 7) is 12.1. The largest absolute Gasteiger partial charge is 0.362 e. The molecule has 1 fully saturated rings. The first kappa shape index (κ1) is 19.8. The number of hydrogen-bond donors (Lipinski definition) is 3. The fourth-order valence-electron chi connectivity index (χ4n) is 4.28. The Labute approximate surface area is 169 Å². The van der Waals surface area contributed by atoms with E-state index in [9.17, 15) is 0 Å². The lowest BCUT2D eigenvalue weighted by atomic mass is 10.1. The van der Waals surface area contributed by atoms with Crippen LogP contribution in [0.2, 0.25) is 0 Å². The van der Waals surface area contributed by atoms with Crippen LogP contribution in [0.4, 0.5) is 5.69 Å². The van der Waals surface area contributed by atoms with E-state index in [0.717, 1.165) is 17.3 Å². The average Bonchev–Trinajstić information content (AvgIpc) is 3.12. The van der Waals surface area contributed by atoms with E-state index in [2.05, 4.69) is 80.8 Å². The number of quaternary nitrogens is 1. The number of likely N-dealkylation sites (tertiary alicyclic amines) is 1. The Hall–Kier alpha value is -1.91. The Kier molecular flexibility index (Phi) is 6.51. The second-order valence-corrected chi connectivity index (χ2v) is 8.42. The molecule has 0 aromatic heterocycles. The van der Waals surface area contributed by atoms with E-state index in [0.29, 0.717) is 12.0 Å². The highest BCUT2D eigenvalue weighted by Crippen LogP contribution is 2.21. The van der Waals surface area contributed by atoms with Gasteiger partial charge in [-0.15, -0.1) is 0 Å². The van der Waals surface area contributed by atoms with Gasteiger partial charge in [0.1, 0.15) is 6.04 Å². The number of benzene rings is 2. The van der Waals surface area contributed by atoms with Crippen molar-refractivity contribution in [1.82, 2.24) is 5.32 Å². The lowest BCUT2D eigenvalue weighted by Crippen LogP contribution is -3.10. The van der Waals surface area contributed by atoms with Crippen LogP contribution in [0.15, 0.2) is 42.5 Å². The molecule has 0 spiro atoms. The summed E-state index contributed by atoms with van der Waals surface area (Å²) in [5.74, 6) is 0.672. The van der Waals surface area contributed by atoms with Crippen LogP contribution in [-0.4, -0.2) is 24.7 Å². The lowest BCUT2D eigenvalue weighted by Gasteiger charge is -2.22. The van der Waals surface area contributed by atoms with Gasteiger partial charge in [0.05, 0.1) is 13.1 Å². The third-order valence-electron chi connectivity index (χ3n) is 5.80. The zero-order valence-corrected chi connectivity index (χ0v) is 17.7. The maximum atomic E-state index is 5.55. The van der Waals surface area contributed by atoms with Gasteiger partial charge in [-0.3, -0.25) is 0 Å². The topological polar surface area (TPSA) is 28.5 Å². The summed E-state index contributed by atoms with van der Waals surface area (Å²) >= 11 is 5.55. The molecule has 1 aliphatic rings. The number of aryl methyl sites for hydroxylation is 3. The molecule has 3 rings (SSSR count). The minimum atomic E-state index is 0.555. The van der Waals surface area contributed by atoms with Crippen molar-refractivity contribution < 1.29 is 4.90 Å². The minimum Gasteiger partial charge on any atom is -0.362 e. The van der Waals surface area contributed by atoms with E-state index in [1.54, 1.807) is 4.90 Å². The zero-order chi connectivity index (χ0) is 19.4. The lowest BCUT2D eigenvalue weighted by molar-refractivity contribution is -0.919. The number of thiocarbonyl (C=S) groups is 1. The number of anilines is 1. The highest BCUT2D eigenvalue weighted by Gasteiger charge is 2.30. The van der Waals surface area contributed by atoms with E-state index in [-0.39, 0.29) is 0 Å². The molecule has 0 amide bonds. The van der Waals surface area contributed by atoms with E-state index < -0.39 is 0 Å². The monoisotopic (exact) mass is 382 g/mol. The van der Waals surface area contributed by atoms with Gasteiger partial charge in [0, 0.05) is 30.1 Å². The SMILES string of the molecule is Cc1cc(C)c(NC(=S)NCC2CC[NH+](C(C)c3ccccc3)C2)c(C)c1. The Morgan fingerprint density at radius 2 is 1.81 bits per heavy atom. The highest BCUT2D eigenvalue weighted by molar-refractivity contribution is 7.80. The van der Waals surface area contributed by atoms with Gasteiger partial charge in [-0.1, -0.05) is 48.0 Å². The highest BCUT2D eigenvalue weighted by atomic mass is 32.1. The Morgan fingerprint density at radius 1 is 1.15 bits per heavy atom. The molecule has 0 radical (unpaired) electrons. The summed E-state index contributed by atoms with van der Waals surface area (Å²) in [6, 6.07) is 15.8. The van der Waals surface area contributed by atoms with Crippen molar-refractivity contribution in [3.8, 4) is 0 Å². The van der Waals surface area contributed by atoms with Gasteiger partial charge in [-0.05, 0) is 51.0 Å². The van der Waals surface area contributed by atoms with Gasteiger partial charge in [0.15, 0.2) is 5.11 Å². The Morgan fingerprint density at radius 3 is 2.48 bits per heavy atom. The Bertz CT molecular complexity index is 764. The maximum Gasteiger partial charge on any atom is 0.170 e. The first-order valence-corrected chi connectivity index (χ1v) is 10.4. The molecule has 3 nitrogen and oxygen atoms in total. The van der Waals surface area contributed by atoms with E-state index in [1.807, 2.05) is 0 Å². The second kappa shape index (κ2) is 8.85. The van der Waals surface area contributed by atoms with Crippen LogP contribution in [0.5, 0.6) is 0 Å². The van der Waals surface area contributed by atoms with E-state index in [4.69, 9.17) is 12.2 Å². The van der Waals surface area contributed by atoms with Crippen molar-refractivity contribution in [3.05, 3.63) is 64.7 Å². The van der Waals surface area contributed by atoms with Crippen LogP contribution in [-0.2, 0) is 0 Å². The molecule has 1 heterocycles. The van der Waals surface area contributed by atoms with Gasteiger partial charge in [-0.2, -0.15) is 0 Å². The van der Waals surface area contributed by atoms with Gasteiger partial charge in [0.25, 0.3) is 0 Å². The number of hydrogen-bond acceptors (Lipinski definition) is 1. The quantitative estimate of drug-likeness (QED) is 0.691. The third kappa shape index (κ3) is 5.08. The summed E-state index contributed by atoms with van der Waals surface area (Å²) in [6.07, 6.45) is 1.25. The summed E-state index contributed by atoms with van der Waals surface area (Å²) in [4.78, 5) is 1.68. The molecule has 27 heavy (non-hydrogen) atoms. The molecule has 1 saturated heterocycles. The van der Waals surface area contributed by atoms with Crippen LogP contribution >= 0.6 is 12.2 Å². The van der Waals surface area contributed by atoms with Gasteiger partial charge in [-0.25, -0.2) is 0 Å². The second-order valence-electron chi connectivity index (χ2n) is 8.01. The summed E-state index contributed by atoms with van der Waals surface area (Å²) in [5.41, 5.74) is 6.34. The van der Waals surface area contributed by atoms with Gasteiger partial charge < -0.3 is 15.5 Å². The van der Waals surface area contributed by atoms with Crippen molar-refractivity contribution >= 4 is 23.0 Å². The molecule has 2 aromatic rings. The summed E-state index contributed by atoms with van der Waals surface area (Å²) in [5, 5.41) is 7.58. The number of nitrogens with one attached hydrogen (secondary N) is 3. The molecule has 4 heteroatoms. The molecule has 0 aliphatic carbocycles. The number of rotatable bonds is 5. The van der Waals surface area contributed by atoms with Gasteiger partial charge >= 0.3 is 0 Å². The van der Waals surface area contributed by atoms with E-state index >= 15 is 0 Å². The predicted octanol–water partition coefficient (Wildman–Crippen LogP) is 3.56. The fraction of sp³-hybridized carbons (Fsp3) is 0.435. The molecule has 144 valence electrons. The Balaban J connectivity index is 1.49. The molecule has 3 unspecified atom stereocenters. The molecular formula is C23H32N3S+. The van der Waals surface area contributed by atoms with Crippen LogP contribution in [0.3, 0.4) is 0 Å². The first-order chi connectivity index (χ1) is 12.9. The fourth-order valence-corrected chi connectivity index (χ4v) is 4.47. The molecule has 1 aliphatic heterocycles. The first-order valence-electron chi connectivity index (χ1n) is 9.96. The summed E-state index contributed by atoms with van der Waals surface area (Å²) < 4.78 is 0. The standard InChI is InChI=1S/C23H31N3S/c1-16-12-17(2)22(18(3)13-16)25-23(27)24-14-20-10-11-26(15-20)19(4)21-8-6-5-7-9-21/h5-9,12-13,19-20H,10-11,14-15H2,1-4H3,(H2,24,25,27)/p+1. The van der Waals surface area contributed by atoms with Crippen LogP contribution in [0.25, 0.3) is 0 Å². The van der Waals surface area contributed by atoms with Crippen molar-refractivity contribution in [2.24, 2.45) is 5.92 Å². The van der Waals surface area contributed by atoms with Crippen molar-refractivity contribution in [2.75, 3.05) is 25.0 Å².